The summed E-state index contributed by atoms with van der Waals surface area (Å²) >= 11 is 0.995. The quantitative estimate of drug-likeness (QED) is 0.413. The van der Waals surface area contributed by atoms with Gasteiger partial charge in [0, 0.05) is 24.8 Å². The fraction of sp³-hybridized carbons (Fsp3) is 0.200. The Hall–Kier alpha value is -4.20. The summed E-state index contributed by atoms with van der Waals surface area (Å²) in [6.07, 6.45) is 1.42. The van der Waals surface area contributed by atoms with Gasteiger partial charge in [0.25, 0.3) is 11.8 Å². The number of benzene rings is 1. The molecule has 1 aromatic carbocycles. The van der Waals surface area contributed by atoms with Crippen molar-refractivity contribution in [2.24, 2.45) is 0 Å². The second-order valence-corrected chi connectivity index (χ2v) is 8.10. The molecule has 1 aliphatic rings. The van der Waals surface area contributed by atoms with E-state index in [-0.39, 0.29) is 47.8 Å². The van der Waals surface area contributed by atoms with Gasteiger partial charge in [-0.2, -0.15) is 4.37 Å². The SMILES string of the molecule is Cc1nsc(Nc2cnc(C(=O)N3CC(NC(=O)O)C3)cn2)c1C(=O)Nc1ccc(F)c(F)c1. The molecule has 3 aromatic rings. The molecule has 176 valence electrons. The van der Waals surface area contributed by atoms with E-state index in [1.165, 1.54) is 23.4 Å². The summed E-state index contributed by atoms with van der Waals surface area (Å²) in [4.78, 5) is 45.4. The lowest BCUT2D eigenvalue weighted by Crippen LogP contribution is -2.60. The van der Waals surface area contributed by atoms with E-state index in [1.807, 2.05) is 0 Å². The first kappa shape index (κ1) is 23.0. The lowest BCUT2D eigenvalue weighted by Gasteiger charge is -2.38. The van der Waals surface area contributed by atoms with Crippen LogP contribution in [0.2, 0.25) is 0 Å². The average molecular weight is 489 g/mol. The number of rotatable bonds is 6. The first-order valence-corrected chi connectivity index (χ1v) is 10.6. The van der Waals surface area contributed by atoms with Gasteiger partial charge in [0.05, 0.1) is 29.7 Å². The minimum atomic E-state index is -1.15. The van der Waals surface area contributed by atoms with Crippen LogP contribution >= 0.6 is 11.5 Å². The highest BCUT2D eigenvalue weighted by Crippen LogP contribution is 2.28. The van der Waals surface area contributed by atoms with Gasteiger partial charge in [-0.15, -0.1) is 0 Å². The Labute approximate surface area is 195 Å². The number of halogens is 2. The van der Waals surface area contributed by atoms with Gasteiger partial charge in [0.1, 0.15) is 16.5 Å². The van der Waals surface area contributed by atoms with Gasteiger partial charge >= 0.3 is 6.09 Å². The molecule has 0 aliphatic carbocycles. The molecule has 0 radical (unpaired) electrons. The maximum atomic E-state index is 13.4. The van der Waals surface area contributed by atoms with Crippen LogP contribution in [0.4, 0.5) is 30.1 Å². The van der Waals surface area contributed by atoms with E-state index in [2.05, 4.69) is 30.3 Å². The third kappa shape index (κ3) is 4.91. The monoisotopic (exact) mass is 489 g/mol. The van der Waals surface area contributed by atoms with Crippen molar-refractivity contribution in [2.75, 3.05) is 23.7 Å². The van der Waals surface area contributed by atoms with Gasteiger partial charge < -0.3 is 26.0 Å². The Morgan fingerprint density at radius 2 is 1.91 bits per heavy atom. The number of carbonyl (C=O) groups is 3. The predicted octanol–water partition coefficient (Wildman–Crippen LogP) is 2.61. The van der Waals surface area contributed by atoms with Crippen LogP contribution in [0.3, 0.4) is 0 Å². The predicted molar refractivity (Wildman–Crippen MR) is 117 cm³/mol. The molecular formula is C20H17F2N7O4S. The van der Waals surface area contributed by atoms with Crippen LogP contribution in [-0.4, -0.2) is 61.4 Å². The number of hydrogen-bond donors (Lipinski definition) is 4. The molecule has 1 saturated heterocycles. The fourth-order valence-electron chi connectivity index (χ4n) is 3.18. The molecule has 2 aromatic heterocycles. The molecule has 1 fully saturated rings. The molecular weight excluding hydrogens is 472 g/mol. The summed E-state index contributed by atoms with van der Waals surface area (Å²) in [6, 6.07) is 2.69. The minimum absolute atomic E-state index is 0.0786. The number of nitrogens with zero attached hydrogens (tertiary/aromatic N) is 4. The highest BCUT2D eigenvalue weighted by atomic mass is 32.1. The highest BCUT2D eigenvalue weighted by Gasteiger charge is 2.33. The Bertz CT molecular complexity index is 1260. The Balaban J connectivity index is 1.41. The number of aromatic nitrogens is 3. The number of carboxylic acid groups (broad SMARTS) is 1. The van der Waals surface area contributed by atoms with Crippen LogP contribution in [0.1, 0.15) is 26.5 Å². The molecule has 3 amide bonds. The van der Waals surface area contributed by atoms with Crippen molar-refractivity contribution >= 4 is 45.9 Å². The number of hydrogen-bond acceptors (Lipinski definition) is 8. The lowest BCUT2D eigenvalue weighted by atomic mass is 10.1. The summed E-state index contributed by atoms with van der Waals surface area (Å²) in [5.74, 6) is -2.84. The first-order chi connectivity index (χ1) is 16.2. The largest absolute Gasteiger partial charge is 0.465 e. The molecule has 0 bridgehead atoms. The van der Waals surface area contributed by atoms with Crippen LogP contribution in [0, 0.1) is 18.6 Å². The molecule has 0 saturated carbocycles. The zero-order valence-electron chi connectivity index (χ0n) is 17.5. The van der Waals surface area contributed by atoms with E-state index in [4.69, 9.17) is 5.11 Å². The van der Waals surface area contributed by atoms with Crippen LogP contribution < -0.4 is 16.0 Å². The first-order valence-electron chi connectivity index (χ1n) is 9.81. The Morgan fingerprint density at radius 1 is 1.15 bits per heavy atom. The fourth-order valence-corrected chi connectivity index (χ4v) is 3.98. The standard InChI is InChI=1S/C20H17F2N7O4S/c1-9-16(17(30)25-10-2-3-12(21)13(22)4-10)18(34-28-9)27-15-6-23-14(5-24-15)19(31)29-7-11(8-29)26-20(32)33/h2-6,11,26H,7-8H2,1H3,(H,24,27)(H,25,30)(H,32,33). The van der Waals surface area contributed by atoms with Gasteiger partial charge in [0.2, 0.25) is 0 Å². The van der Waals surface area contributed by atoms with E-state index < -0.39 is 23.6 Å². The van der Waals surface area contributed by atoms with Crippen LogP contribution in [0.5, 0.6) is 0 Å². The van der Waals surface area contributed by atoms with Crippen molar-refractivity contribution in [3.05, 3.63) is 59.2 Å². The normalized spacial score (nSPS) is 13.2. The number of aryl methyl sites for hydroxylation is 1. The number of anilines is 3. The molecule has 4 N–H and O–H groups in total. The van der Waals surface area contributed by atoms with Gasteiger partial charge in [-0.25, -0.2) is 23.5 Å². The van der Waals surface area contributed by atoms with Crippen molar-refractivity contribution in [1.29, 1.82) is 0 Å². The second kappa shape index (κ2) is 9.35. The molecule has 11 nitrogen and oxygen atoms in total. The van der Waals surface area contributed by atoms with Crippen molar-refractivity contribution in [1.82, 2.24) is 24.6 Å². The molecule has 3 heterocycles. The van der Waals surface area contributed by atoms with Crippen LogP contribution in [-0.2, 0) is 0 Å². The smallest absolute Gasteiger partial charge is 0.405 e. The van der Waals surface area contributed by atoms with Crippen LogP contribution in [0.15, 0.2) is 30.6 Å². The topological polar surface area (TPSA) is 149 Å². The van der Waals surface area contributed by atoms with E-state index in [0.717, 1.165) is 23.7 Å². The number of amides is 3. The molecule has 0 spiro atoms. The maximum Gasteiger partial charge on any atom is 0.405 e. The van der Waals surface area contributed by atoms with Gasteiger partial charge in [-0.05, 0) is 30.6 Å². The summed E-state index contributed by atoms with van der Waals surface area (Å²) < 4.78 is 30.7. The van der Waals surface area contributed by atoms with E-state index in [0.29, 0.717) is 10.7 Å². The molecule has 0 unspecified atom stereocenters. The zero-order valence-corrected chi connectivity index (χ0v) is 18.3. The minimum Gasteiger partial charge on any atom is -0.465 e. The summed E-state index contributed by atoms with van der Waals surface area (Å²) in [7, 11) is 0. The molecule has 1 aliphatic heterocycles. The third-order valence-corrected chi connectivity index (χ3v) is 5.73. The zero-order chi connectivity index (χ0) is 24.4. The van der Waals surface area contributed by atoms with Gasteiger partial charge in [0.15, 0.2) is 11.6 Å². The molecule has 0 atom stereocenters. The maximum absolute atomic E-state index is 13.4. The van der Waals surface area contributed by atoms with Gasteiger partial charge in [-0.3, -0.25) is 9.59 Å². The van der Waals surface area contributed by atoms with Crippen molar-refractivity contribution < 1.29 is 28.3 Å². The average Bonchev–Trinajstić information content (AvgIpc) is 3.13. The third-order valence-electron chi connectivity index (χ3n) is 4.88. The molecule has 4 rings (SSSR count). The lowest BCUT2D eigenvalue weighted by molar-refractivity contribution is 0.0558. The highest BCUT2D eigenvalue weighted by molar-refractivity contribution is 7.10. The van der Waals surface area contributed by atoms with Crippen molar-refractivity contribution in [3.8, 4) is 0 Å². The van der Waals surface area contributed by atoms with Crippen molar-refractivity contribution in [2.45, 2.75) is 13.0 Å². The molecule has 14 heteroatoms. The second-order valence-electron chi connectivity index (χ2n) is 7.32. The van der Waals surface area contributed by atoms with E-state index in [9.17, 15) is 23.2 Å². The number of carbonyl (C=O) groups excluding carboxylic acids is 2. The number of likely N-dealkylation sites (tertiary alicyclic amines) is 1. The number of nitrogens with one attached hydrogen (secondary N) is 3. The molecule has 34 heavy (non-hydrogen) atoms. The van der Waals surface area contributed by atoms with Gasteiger partial charge in [-0.1, -0.05) is 0 Å². The Kier molecular flexibility index (Phi) is 6.32. The summed E-state index contributed by atoms with van der Waals surface area (Å²) in [5, 5.41) is 16.7. The van der Waals surface area contributed by atoms with Crippen LogP contribution in [0.25, 0.3) is 0 Å². The van der Waals surface area contributed by atoms with E-state index >= 15 is 0 Å². The summed E-state index contributed by atoms with van der Waals surface area (Å²) in [5.41, 5.74) is 0.759. The van der Waals surface area contributed by atoms with E-state index in [1.54, 1.807) is 6.92 Å². The Morgan fingerprint density at radius 3 is 2.56 bits per heavy atom. The summed E-state index contributed by atoms with van der Waals surface area (Å²) in [6.45, 7) is 2.10. The van der Waals surface area contributed by atoms with Crippen molar-refractivity contribution in [3.63, 3.8) is 0 Å².